The highest BCUT2D eigenvalue weighted by Crippen LogP contribution is 2.52. The Bertz CT molecular complexity index is 1350. The third-order valence-corrected chi connectivity index (χ3v) is 6.76. The molecule has 10 heteroatoms. The zero-order valence-corrected chi connectivity index (χ0v) is 18.4. The fraction of sp³-hybridized carbons (Fsp3) is 0.320. The predicted molar refractivity (Wildman–Crippen MR) is 117 cm³/mol. The number of aliphatic hydroxyl groups is 1. The Hall–Kier alpha value is -3.53. The van der Waals surface area contributed by atoms with Gasteiger partial charge in [0, 0.05) is 18.5 Å². The summed E-state index contributed by atoms with van der Waals surface area (Å²) in [6.07, 6.45) is -4.99. The Morgan fingerprint density at radius 1 is 1.14 bits per heavy atom. The highest BCUT2D eigenvalue weighted by molar-refractivity contribution is 5.82. The number of aromatic nitrogens is 2. The first-order valence-corrected chi connectivity index (χ1v) is 11.1. The van der Waals surface area contributed by atoms with Crippen LogP contribution in [0.25, 0.3) is 0 Å². The fourth-order valence-corrected chi connectivity index (χ4v) is 4.62. The van der Waals surface area contributed by atoms with Crippen LogP contribution in [0.15, 0.2) is 53.3 Å². The van der Waals surface area contributed by atoms with Crippen molar-refractivity contribution in [3.05, 3.63) is 98.5 Å². The number of fused-ring (bicyclic) bond motifs is 1. The molecular formula is C25H21F4N3O3. The largest absolute Gasteiger partial charge is 0.416 e. The molecule has 2 aliphatic rings. The van der Waals surface area contributed by atoms with Gasteiger partial charge >= 0.3 is 6.18 Å². The third-order valence-electron chi connectivity index (χ3n) is 6.76. The monoisotopic (exact) mass is 487 g/mol. The van der Waals surface area contributed by atoms with Crippen LogP contribution in [0.4, 0.5) is 17.6 Å². The van der Waals surface area contributed by atoms with Gasteiger partial charge in [0.15, 0.2) is 6.10 Å². The van der Waals surface area contributed by atoms with Gasteiger partial charge < -0.3 is 15.0 Å². The number of aliphatic hydroxyl groups excluding tert-OH is 1. The molecule has 1 aliphatic carbocycles. The average Bonchev–Trinajstić information content (AvgIpc) is 3.65. The molecule has 1 unspecified atom stereocenters. The van der Waals surface area contributed by atoms with E-state index in [1.54, 1.807) is 0 Å². The minimum absolute atomic E-state index is 0.0811. The molecule has 1 saturated carbocycles. The number of nitrogens with one attached hydrogen (secondary N) is 1. The SMILES string of the molecule is O=C(C(O)c1cc(C(F)(F)F)ccc1F)N1CCc2nc(C3(c4ccccc4)CC3)[nH]c(=O)c2C1. The number of rotatable bonds is 4. The van der Waals surface area contributed by atoms with Crippen LogP contribution < -0.4 is 5.56 Å². The van der Waals surface area contributed by atoms with Crippen LogP contribution in [-0.2, 0) is 29.4 Å². The minimum Gasteiger partial charge on any atom is -0.378 e. The van der Waals surface area contributed by atoms with Crippen LogP contribution >= 0.6 is 0 Å². The van der Waals surface area contributed by atoms with Gasteiger partial charge in [-0.2, -0.15) is 13.2 Å². The summed E-state index contributed by atoms with van der Waals surface area (Å²) in [7, 11) is 0. The number of alkyl halides is 3. The number of H-pyrrole nitrogens is 1. The maximum atomic E-state index is 14.2. The molecule has 1 amide bonds. The Labute approximate surface area is 197 Å². The first kappa shape index (κ1) is 23.2. The molecule has 1 aromatic heterocycles. The van der Waals surface area contributed by atoms with Crippen molar-refractivity contribution in [3.63, 3.8) is 0 Å². The van der Waals surface area contributed by atoms with Gasteiger partial charge in [-0.1, -0.05) is 30.3 Å². The summed E-state index contributed by atoms with van der Waals surface area (Å²) in [6.45, 7) is -0.107. The van der Waals surface area contributed by atoms with Crippen molar-refractivity contribution >= 4 is 5.91 Å². The molecule has 2 aromatic carbocycles. The van der Waals surface area contributed by atoms with Gasteiger partial charge in [0.1, 0.15) is 11.6 Å². The molecule has 1 fully saturated rings. The molecule has 3 aromatic rings. The maximum absolute atomic E-state index is 14.2. The van der Waals surface area contributed by atoms with Crippen molar-refractivity contribution in [2.45, 2.75) is 43.5 Å². The molecule has 6 nitrogen and oxygen atoms in total. The standard InChI is InChI=1S/C25H21F4N3O3/c26-18-7-6-15(25(27,28)29)12-16(18)20(33)22(35)32-11-8-19-17(13-32)21(34)31-23(30-19)24(9-10-24)14-4-2-1-3-5-14/h1-7,12,20,33H,8-11,13H2,(H,30,31,34). The summed E-state index contributed by atoms with van der Waals surface area (Å²) in [6, 6.07) is 11.3. The Morgan fingerprint density at radius 3 is 2.51 bits per heavy atom. The second-order valence-electron chi connectivity index (χ2n) is 8.93. The molecule has 182 valence electrons. The summed E-state index contributed by atoms with van der Waals surface area (Å²) >= 11 is 0. The van der Waals surface area contributed by atoms with E-state index < -0.39 is 40.7 Å². The second-order valence-corrected chi connectivity index (χ2v) is 8.93. The van der Waals surface area contributed by atoms with Crippen molar-refractivity contribution in [2.24, 2.45) is 0 Å². The zero-order chi connectivity index (χ0) is 25.0. The molecular weight excluding hydrogens is 466 g/mol. The van der Waals surface area contributed by atoms with Crippen molar-refractivity contribution in [1.29, 1.82) is 0 Å². The zero-order valence-electron chi connectivity index (χ0n) is 18.4. The van der Waals surface area contributed by atoms with Crippen LogP contribution in [0, 0.1) is 5.82 Å². The lowest BCUT2D eigenvalue weighted by molar-refractivity contribution is -0.142. The molecule has 1 atom stereocenters. The first-order chi connectivity index (χ1) is 16.6. The summed E-state index contributed by atoms with van der Waals surface area (Å²) in [4.78, 5) is 34.4. The highest BCUT2D eigenvalue weighted by atomic mass is 19.4. The molecule has 5 rings (SSSR count). The van der Waals surface area contributed by atoms with E-state index in [0.717, 1.165) is 23.3 Å². The van der Waals surface area contributed by atoms with E-state index in [1.807, 2.05) is 30.3 Å². The molecule has 0 radical (unpaired) electrons. The van der Waals surface area contributed by atoms with Crippen LogP contribution in [0.1, 0.15) is 52.7 Å². The van der Waals surface area contributed by atoms with E-state index in [4.69, 9.17) is 4.98 Å². The van der Waals surface area contributed by atoms with E-state index >= 15 is 0 Å². The summed E-state index contributed by atoms with van der Waals surface area (Å²) in [5.41, 5.74) is -0.864. The topological polar surface area (TPSA) is 86.3 Å². The lowest BCUT2D eigenvalue weighted by Gasteiger charge is -2.30. The molecule has 2 heterocycles. The number of halogens is 4. The summed E-state index contributed by atoms with van der Waals surface area (Å²) < 4.78 is 53.2. The van der Waals surface area contributed by atoms with Crippen LogP contribution in [0.5, 0.6) is 0 Å². The van der Waals surface area contributed by atoms with Gasteiger partial charge in [-0.25, -0.2) is 9.37 Å². The predicted octanol–water partition coefficient (Wildman–Crippen LogP) is 3.63. The van der Waals surface area contributed by atoms with E-state index in [-0.39, 0.29) is 30.5 Å². The Balaban J connectivity index is 1.39. The smallest absolute Gasteiger partial charge is 0.378 e. The van der Waals surface area contributed by atoms with Crippen molar-refractivity contribution in [3.8, 4) is 0 Å². The number of amides is 1. The quantitative estimate of drug-likeness (QED) is 0.551. The van der Waals surface area contributed by atoms with Crippen molar-refractivity contribution < 1.29 is 27.5 Å². The van der Waals surface area contributed by atoms with Crippen LogP contribution in [0.3, 0.4) is 0 Å². The van der Waals surface area contributed by atoms with Gasteiger partial charge in [-0.15, -0.1) is 0 Å². The molecule has 0 spiro atoms. The molecule has 1 aliphatic heterocycles. The Kier molecular flexibility index (Phi) is 5.51. The summed E-state index contributed by atoms with van der Waals surface area (Å²) in [5, 5.41) is 10.4. The number of nitrogens with zero attached hydrogens (tertiary/aromatic N) is 2. The van der Waals surface area contributed by atoms with Crippen LogP contribution in [-0.4, -0.2) is 32.4 Å². The number of aromatic amines is 1. The van der Waals surface area contributed by atoms with Gasteiger partial charge in [0.05, 0.1) is 28.8 Å². The third kappa shape index (κ3) is 4.12. The molecule has 35 heavy (non-hydrogen) atoms. The lowest BCUT2D eigenvalue weighted by Crippen LogP contribution is -2.42. The fourth-order valence-electron chi connectivity index (χ4n) is 4.62. The van der Waals surface area contributed by atoms with Gasteiger partial charge in [-0.3, -0.25) is 9.59 Å². The molecule has 2 N–H and O–H groups in total. The highest BCUT2D eigenvalue weighted by Gasteiger charge is 2.48. The number of carbonyl (C=O) groups excluding carboxylic acids is 1. The van der Waals surface area contributed by atoms with Gasteiger partial charge in [0.2, 0.25) is 0 Å². The second kappa shape index (κ2) is 8.30. The Morgan fingerprint density at radius 2 is 1.86 bits per heavy atom. The van der Waals surface area contributed by atoms with E-state index in [1.165, 1.54) is 0 Å². The minimum atomic E-state index is -4.76. The summed E-state index contributed by atoms with van der Waals surface area (Å²) in [5.74, 6) is -1.55. The lowest BCUT2D eigenvalue weighted by atomic mass is 9.94. The molecule has 0 bridgehead atoms. The van der Waals surface area contributed by atoms with E-state index in [0.29, 0.717) is 29.7 Å². The number of benzene rings is 2. The van der Waals surface area contributed by atoms with Crippen molar-refractivity contribution in [2.75, 3.05) is 6.54 Å². The average molecular weight is 487 g/mol. The molecule has 0 saturated heterocycles. The van der Waals surface area contributed by atoms with Crippen molar-refractivity contribution in [1.82, 2.24) is 14.9 Å². The van der Waals surface area contributed by atoms with Gasteiger partial charge in [-0.05, 0) is 36.6 Å². The van der Waals surface area contributed by atoms with E-state index in [2.05, 4.69) is 4.98 Å². The first-order valence-electron chi connectivity index (χ1n) is 11.1. The number of hydrogen-bond donors (Lipinski definition) is 2. The number of hydrogen-bond acceptors (Lipinski definition) is 4. The van der Waals surface area contributed by atoms with Gasteiger partial charge in [0.25, 0.3) is 11.5 Å². The van der Waals surface area contributed by atoms with Crippen LogP contribution in [0.2, 0.25) is 0 Å². The maximum Gasteiger partial charge on any atom is 0.416 e. The normalized spacial score (nSPS) is 17.6. The van der Waals surface area contributed by atoms with E-state index in [9.17, 15) is 32.3 Å². The number of carbonyl (C=O) groups is 1.